The zero-order chi connectivity index (χ0) is 11.4. The predicted molar refractivity (Wildman–Crippen MR) is 63.6 cm³/mol. The largest absolute Gasteiger partial charge is 0.397 e. The minimum absolute atomic E-state index is 0.283. The molecule has 0 aliphatic heterocycles. The molecule has 2 nitrogen and oxygen atoms in total. The van der Waals surface area contributed by atoms with Crippen molar-refractivity contribution in [2.24, 2.45) is 0 Å². The van der Waals surface area contributed by atoms with E-state index in [9.17, 15) is 4.39 Å². The fraction of sp³-hybridized carbons (Fsp3) is 0.500. The summed E-state index contributed by atoms with van der Waals surface area (Å²) in [5, 5.41) is 0. The topological polar surface area (TPSA) is 29.3 Å². The molecule has 1 aromatic rings. The van der Waals surface area contributed by atoms with Gasteiger partial charge in [-0.1, -0.05) is 13.8 Å². The molecule has 15 heavy (non-hydrogen) atoms. The number of nitrogens with zero attached hydrogens (tertiary/aromatic N) is 1. The second-order valence-electron chi connectivity index (χ2n) is 3.78. The van der Waals surface area contributed by atoms with E-state index in [1.165, 1.54) is 12.1 Å². The van der Waals surface area contributed by atoms with Crippen LogP contribution in [0.2, 0.25) is 0 Å². The molecule has 0 atom stereocenters. The highest BCUT2D eigenvalue weighted by atomic mass is 19.1. The third kappa shape index (κ3) is 2.61. The molecule has 0 aliphatic carbocycles. The Morgan fingerprint density at radius 2 is 1.93 bits per heavy atom. The third-order valence-electron chi connectivity index (χ3n) is 2.86. The third-order valence-corrected chi connectivity index (χ3v) is 2.86. The first-order valence-corrected chi connectivity index (χ1v) is 5.38. The molecule has 0 unspecified atom stereocenters. The maximum absolute atomic E-state index is 12.9. The lowest BCUT2D eigenvalue weighted by Gasteiger charge is -2.29. The predicted octanol–water partition coefficient (Wildman–Crippen LogP) is 3.03. The lowest BCUT2D eigenvalue weighted by atomic mass is 10.1. The summed E-state index contributed by atoms with van der Waals surface area (Å²) in [5.74, 6) is -0.283. The van der Waals surface area contributed by atoms with E-state index >= 15 is 0 Å². The van der Waals surface area contributed by atoms with Gasteiger partial charge in [0.05, 0.1) is 11.4 Å². The van der Waals surface area contributed by atoms with Crippen LogP contribution in [0.1, 0.15) is 26.7 Å². The van der Waals surface area contributed by atoms with E-state index in [1.807, 2.05) is 7.05 Å². The van der Waals surface area contributed by atoms with Crippen molar-refractivity contribution in [2.75, 3.05) is 17.7 Å². The number of halogens is 1. The van der Waals surface area contributed by atoms with Gasteiger partial charge in [0.1, 0.15) is 5.82 Å². The Balaban J connectivity index is 2.94. The van der Waals surface area contributed by atoms with Crippen molar-refractivity contribution in [2.45, 2.75) is 32.7 Å². The molecule has 0 saturated carbocycles. The minimum atomic E-state index is -0.283. The molecule has 0 aliphatic rings. The van der Waals surface area contributed by atoms with Gasteiger partial charge >= 0.3 is 0 Å². The number of hydrogen-bond donors (Lipinski definition) is 1. The summed E-state index contributed by atoms with van der Waals surface area (Å²) in [6.45, 7) is 4.29. The van der Waals surface area contributed by atoms with E-state index in [1.54, 1.807) is 6.07 Å². The maximum Gasteiger partial charge on any atom is 0.125 e. The van der Waals surface area contributed by atoms with Crippen molar-refractivity contribution in [1.82, 2.24) is 0 Å². The molecule has 0 heterocycles. The number of rotatable bonds is 4. The molecule has 0 amide bonds. The van der Waals surface area contributed by atoms with E-state index in [0.29, 0.717) is 11.7 Å². The zero-order valence-corrected chi connectivity index (χ0v) is 9.63. The summed E-state index contributed by atoms with van der Waals surface area (Å²) >= 11 is 0. The average Bonchev–Trinajstić information content (AvgIpc) is 2.19. The molecule has 0 bridgehead atoms. The Morgan fingerprint density at radius 3 is 2.40 bits per heavy atom. The fourth-order valence-corrected chi connectivity index (χ4v) is 1.88. The Bertz CT molecular complexity index is 321. The standard InChI is InChI=1S/C12H19FN2/c1-4-10(5-2)15(3)12-7-6-9(13)8-11(12)14/h6-8,10H,4-5,14H2,1-3H3. The summed E-state index contributed by atoms with van der Waals surface area (Å²) in [6, 6.07) is 5.01. The molecule has 1 rings (SSSR count). The van der Waals surface area contributed by atoms with E-state index in [0.717, 1.165) is 18.5 Å². The summed E-state index contributed by atoms with van der Waals surface area (Å²) in [6.07, 6.45) is 2.12. The Labute approximate surface area is 90.9 Å². The van der Waals surface area contributed by atoms with Gasteiger partial charge in [0, 0.05) is 13.1 Å². The van der Waals surface area contributed by atoms with Crippen molar-refractivity contribution in [1.29, 1.82) is 0 Å². The van der Waals surface area contributed by atoms with Gasteiger partial charge in [-0.25, -0.2) is 4.39 Å². The van der Waals surface area contributed by atoms with Gasteiger partial charge in [-0.15, -0.1) is 0 Å². The molecule has 84 valence electrons. The second kappa shape index (κ2) is 5.01. The average molecular weight is 210 g/mol. The Hall–Kier alpha value is -1.25. The molecule has 2 N–H and O–H groups in total. The van der Waals surface area contributed by atoms with Gasteiger partial charge in [-0.05, 0) is 31.0 Å². The Kier molecular flexibility index (Phi) is 3.95. The quantitative estimate of drug-likeness (QED) is 0.774. The molecule has 0 radical (unpaired) electrons. The molecule has 0 aromatic heterocycles. The molecule has 0 spiro atoms. The van der Waals surface area contributed by atoms with Crippen LogP contribution in [0.5, 0.6) is 0 Å². The van der Waals surface area contributed by atoms with Crippen LogP contribution in [0.25, 0.3) is 0 Å². The minimum Gasteiger partial charge on any atom is -0.397 e. The lowest BCUT2D eigenvalue weighted by molar-refractivity contribution is 0.590. The van der Waals surface area contributed by atoms with Gasteiger partial charge in [0.15, 0.2) is 0 Å². The number of nitrogen functional groups attached to an aromatic ring is 1. The van der Waals surface area contributed by atoms with Gasteiger partial charge < -0.3 is 10.6 Å². The fourth-order valence-electron chi connectivity index (χ4n) is 1.88. The normalized spacial score (nSPS) is 10.7. The molecule has 3 heteroatoms. The SMILES string of the molecule is CCC(CC)N(C)c1ccc(F)cc1N. The first-order valence-electron chi connectivity index (χ1n) is 5.38. The number of nitrogens with two attached hydrogens (primary N) is 1. The van der Waals surface area contributed by atoms with Crippen LogP contribution in [-0.2, 0) is 0 Å². The lowest BCUT2D eigenvalue weighted by Crippen LogP contribution is -2.30. The van der Waals surface area contributed by atoms with Crippen LogP contribution >= 0.6 is 0 Å². The van der Waals surface area contributed by atoms with Gasteiger partial charge in [0.25, 0.3) is 0 Å². The van der Waals surface area contributed by atoms with E-state index in [-0.39, 0.29) is 5.82 Å². The van der Waals surface area contributed by atoms with Crippen molar-refractivity contribution in [3.8, 4) is 0 Å². The second-order valence-corrected chi connectivity index (χ2v) is 3.78. The van der Waals surface area contributed by atoms with Crippen molar-refractivity contribution in [3.63, 3.8) is 0 Å². The molecule has 1 aromatic carbocycles. The molecular weight excluding hydrogens is 191 g/mol. The number of anilines is 2. The monoisotopic (exact) mass is 210 g/mol. The first kappa shape index (κ1) is 11.8. The van der Waals surface area contributed by atoms with Crippen LogP contribution in [0.3, 0.4) is 0 Å². The van der Waals surface area contributed by atoms with Crippen LogP contribution in [0.4, 0.5) is 15.8 Å². The van der Waals surface area contributed by atoms with Gasteiger partial charge in [-0.2, -0.15) is 0 Å². The van der Waals surface area contributed by atoms with Crippen LogP contribution < -0.4 is 10.6 Å². The van der Waals surface area contributed by atoms with Gasteiger partial charge in [0.2, 0.25) is 0 Å². The van der Waals surface area contributed by atoms with Crippen molar-refractivity contribution in [3.05, 3.63) is 24.0 Å². The van der Waals surface area contributed by atoms with E-state index in [2.05, 4.69) is 18.7 Å². The highest BCUT2D eigenvalue weighted by Gasteiger charge is 2.13. The van der Waals surface area contributed by atoms with E-state index < -0.39 is 0 Å². The molecular formula is C12H19FN2. The summed E-state index contributed by atoms with van der Waals surface area (Å²) in [5.41, 5.74) is 7.20. The smallest absolute Gasteiger partial charge is 0.125 e. The maximum atomic E-state index is 12.9. The number of benzene rings is 1. The highest BCUT2D eigenvalue weighted by molar-refractivity contribution is 5.67. The van der Waals surface area contributed by atoms with Crippen LogP contribution in [0.15, 0.2) is 18.2 Å². The number of hydrogen-bond acceptors (Lipinski definition) is 2. The highest BCUT2D eigenvalue weighted by Crippen LogP contribution is 2.26. The summed E-state index contributed by atoms with van der Waals surface area (Å²) < 4.78 is 12.9. The van der Waals surface area contributed by atoms with E-state index in [4.69, 9.17) is 5.73 Å². The Morgan fingerprint density at radius 1 is 1.33 bits per heavy atom. The van der Waals surface area contributed by atoms with Gasteiger partial charge in [-0.3, -0.25) is 0 Å². The van der Waals surface area contributed by atoms with Crippen molar-refractivity contribution >= 4 is 11.4 Å². The molecule has 0 saturated heterocycles. The van der Waals surface area contributed by atoms with Crippen LogP contribution in [0, 0.1) is 5.82 Å². The summed E-state index contributed by atoms with van der Waals surface area (Å²) in [4.78, 5) is 2.12. The first-order chi connectivity index (χ1) is 7.10. The van der Waals surface area contributed by atoms with Crippen molar-refractivity contribution < 1.29 is 4.39 Å². The summed E-state index contributed by atoms with van der Waals surface area (Å²) in [7, 11) is 2.00. The van der Waals surface area contributed by atoms with Crippen LogP contribution in [-0.4, -0.2) is 13.1 Å². The molecule has 0 fully saturated rings. The zero-order valence-electron chi connectivity index (χ0n) is 9.63.